The molecule has 0 fully saturated rings. The van der Waals surface area contributed by atoms with Crippen molar-refractivity contribution in [3.05, 3.63) is 39.3 Å². The summed E-state index contributed by atoms with van der Waals surface area (Å²) in [5.74, 6) is 1.52. The van der Waals surface area contributed by atoms with Crippen LogP contribution in [0.2, 0.25) is 0 Å². The molecule has 0 saturated carbocycles. The molecule has 0 aliphatic heterocycles. The molecule has 0 atom stereocenters. The van der Waals surface area contributed by atoms with Crippen LogP contribution in [0.5, 0.6) is 11.5 Å². The van der Waals surface area contributed by atoms with E-state index in [0.717, 1.165) is 35.9 Å². The van der Waals surface area contributed by atoms with Gasteiger partial charge in [0, 0.05) is 17.8 Å². The van der Waals surface area contributed by atoms with Crippen molar-refractivity contribution in [3.8, 4) is 11.5 Å². The van der Waals surface area contributed by atoms with Crippen molar-refractivity contribution in [2.45, 2.75) is 26.3 Å². The molecule has 1 N–H and O–H groups in total. The minimum absolute atomic E-state index is 0.755. The van der Waals surface area contributed by atoms with E-state index < -0.39 is 0 Å². The molecule has 1 heterocycles. The summed E-state index contributed by atoms with van der Waals surface area (Å²) in [6, 6.07) is 6.02. The molecule has 114 valence electrons. The normalized spacial score (nSPS) is 10.7. The Hall–Kier alpha value is -1.59. The molecule has 0 radical (unpaired) electrons. The second-order valence-electron chi connectivity index (χ2n) is 4.73. The third-order valence-corrected chi connectivity index (χ3v) is 4.40. The zero-order valence-corrected chi connectivity index (χ0v) is 13.8. The van der Waals surface area contributed by atoms with Crippen molar-refractivity contribution in [1.82, 2.24) is 10.3 Å². The molecule has 0 unspecified atom stereocenters. The molecular weight excluding hydrogens is 284 g/mol. The summed E-state index contributed by atoms with van der Waals surface area (Å²) in [5, 5.41) is 4.35. The number of hydrogen-bond donors (Lipinski definition) is 1. The molecule has 2 aromatic rings. The standard InChI is InChI=1S/C16H22N2O2S/c1-5-12-15(10-17-2)21-16(18-12)9-11-6-7-13(19-3)14(8-11)20-4/h6-8,17H,5,9-10H2,1-4H3. The summed E-state index contributed by atoms with van der Waals surface area (Å²) >= 11 is 1.78. The molecule has 0 aliphatic carbocycles. The summed E-state index contributed by atoms with van der Waals surface area (Å²) in [6.07, 6.45) is 1.79. The van der Waals surface area contributed by atoms with Gasteiger partial charge in [-0.2, -0.15) is 0 Å². The van der Waals surface area contributed by atoms with Crippen LogP contribution in [0.25, 0.3) is 0 Å². The van der Waals surface area contributed by atoms with Crippen LogP contribution in [0.3, 0.4) is 0 Å². The lowest BCUT2D eigenvalue weighted by atomic mass is 10.1. The summed E-state index contributed by atoms with van der Waals surface area (Å²) in [5.41, 5.74) is 2.38. The highest BCUT2D eigenvalue weighted by Gasteiger charge is 2.11. The van der Waals surface area contributed by atoms with Crippen molar-refractivity contribution >= 4 is 11.3 Å². The SMILES string of the molecule is CCc1nc(Cc2ccc(OC)c(OC)c2)sc1CNC. The fourth-order valence-corrected chi connectivity index (χ4v) is 3.46. The predicted octanol–water partition coefficient (Wildman–Crippen LogP) is 3.03. The van der Waals surface area contributed by atoms with Crippen molar-refractivity contribution in [3.63, 3.8) is 0 Å². The van der Waals surface area contributed by atoms with Crippen LogP contribution in [-0.4, -0.2) is 26.3 Å². The van der Waals surface area contributed by atoms with Crippen molar-refractivity contribution < 1.29 is 9.47 Å². The van der Waals surface area contributed by atoms with Gasteiger partial charge in [0.25, 0.3) is 0 Å². The van der Waals surface area contributed by atoms with E-state index in [-0.39, 0.29) is 0 Å². The first-order valence-corrected chi connectivity index (χ1v) is 7.86. The summed E-state index contributed by atoms with van der Waals surface area (Å²) < 4.78 is 10.6. The molecule has 5 heteroatoms. The number of nitrogens with zero attached hydrogens (tertiary/aromatic N) is 1. The lowest BCUT2D eigenvalue weighted by molar-refractivity contribution is 0.354. The quantitative estimate of drug-likeness (QED) is 0.854. The Labute approximate surface area is 130 Å². The highest BCUT2D eigenvalue weighted by molar-refractivity contribution is 7.11. The number of rotatable bonds is 7. The van der Waals surface area contributed by atoms with E-state index in [0.29, 0.717) is 0 Å². The highest BCUT2D eigenvalue weighted by atomic mass is 32.1. The molecule has 0 aliphatic rings. The third-order valence-electron chi connectivity index (χ3n) is 3.30. The van der Waals surface area contributed by atoms with Gasteiger partial charge >= 0.3 is 0 Å². The van der Waals surface area contributed by atoms with E-state index in [1.54, 1.807) is 25.6 Å². The molecule has 2 rings (SSSR count). The molecule has 0 bridgehead atoms. The number of hydrogen-bond acceptors (Lipinski definition) is 5. The number of benzene rings is 1. The van der Waals surface area contributed by atoms with E-state index in [2.05, 4.69) is 18.3 Å². The van der Waals surface area contributed by atoms with Gasteiger partial charge in [0.15, 0.2) is 11.5 Å². The Balaban J connectivity index is 2.21. The lowest BCUT2D eigenvalue weighted by Gasteiger charge is -2.08. The van der Waals surface area contributed by atoms with Gasteiger partial charge < -0.3 is 14.8 Å². The molecular formula is C16H22N2O2S. The van der Waals surface area contributed by atoms with Crippen LogP contribution in [-0.2, 0) is 19.4 Å². The zero-order chi connectivity index (χ0) is 15.2. The van der Waals surface area contributed by atoms with E-state index in [1.165, 1.54) is 16.1 Å². The summed E-state index contributed by atoms with van der Waals surface area (Å²) in [7, 11) is 5.27. The molecule has 0 amide bonds. The Morgan fingerprint density at radius 1 is 1.19 bits per heavy atom. The average molecular weight is 306 g/mol. The zero-order valence-electron chi connectivity index (χ0n) is 13.0. The monoisotopic (exact) mass is 306 g/mol. The highest BCUT2D eigenvalue weighted by Crippen LogP contribution is 2.29. The fraction of sp³-hybridized carbons (Fsp3) is 0.438. The van der Waals surface area contributed by atoms with Crippen LogP contribution in [0.1, 0.15) is 28.1 Å². The Kier molecular flexibility index (Phi) is 5.59. The first kappa shape index (κ1) is 15.8. The maximum Gasteiger partial charge on any atom is 0.160 e. The van der Waals surface area contributed by atoms with Gasteiger partial charge in [-0.15, -0.1) is 11.3 Å². The third kappa shape index (κ3) is 3.74. The largest absolute Gasteiger partial charge is 0.493 e. The van der Waals surface area contributed by atoms with Crippen LogP contribution < -0.4 is 14.8 Å². The molecule has 1 aromatic carbocycles. The van der Waals surface area contributed by atoms with Gasteiger partial charge in [-0.25, -0.2) is 4.98 Å². The number of methoxy groups -OCH3 is 2. The lowest BCUT2D eigenvalue weighted by Crippen LogP contribution is -2.05. The average Bonchev–Trinajstić information content (AvgIpc) is 2.89. The van der Waals surface area contributed by atoms with Crippen molar-refractivity contribution in [2.24, 2.45) is 0 Å². The minimum atomic E-state index is 0.755. The van der Waals surface area contributed by atoms with Gasteiger partial charge in [0.05, 0.1) is 24.9 Å². The van der Waals surface area contributed by atoms with Crippen LogP contribution in [0.4, 0.5) is 0 Å². The van der Waals surface area contributed by atoms with Gasteiger partial charge in [-0.3, -0.25) is 0 Å². The van der Waals surface area contributed by atoms with Gasteiger partial charge in [0.2, 0.25) is 0 Å². The first-order chi connectivity index (χ1) is 10.2. The Bertz CT molecular complexity index is 596. The molecule has 4 nitrogen and oxygen atoms in total. The second-order valence-corrected chi connectivity index (χ2v) is 5.90. The van der Waals surface area contributed by atoms with Crippen LogP contribution >= 0.6 is 11.3 Å². The molecule has 0 saturated heterocycles. The van der Waals surface area contributed by atoms with Gasteiger partial charge in [-0.05, 0) is 31.2 Å². The summed E-state index contributed by atoms with van der Waals surface area (Å²) in [4.78, 5) is 6.08. The van der Waals surface area contributed by atoms with Gasteiger partial charge in [0.1, 0.15) is 0 Å². The maximum absolute atomic E-state index is 5.35. The van der Waals surface area contributed by atoms with E-state index >= 15 is 0 Å². The van der Waals surface area contributed by atoms with Crippen molar-refractivity contribution in [1.29, 1.82) is 0 Å². The van der Waals surface area contributed by atoms with Gasteiger partial charge in [-0.1, -0.05) is 13.0 Å². The van der Waals surface area contributed by atoms with E-state index in [9.17, 15) is 0 Å². The Morgan fingerprint density at radius 3 is 2.57 bits per heavy atom. The number of aryl methyl sites for hydroxylation is 1. The number of thiazole rings is 1. The number of ether oxygens (including phenoxy) is 2. The smallest absolute Gasteiger partial charge is 0.160 e. The maximum atomic E-state index is 5.35. The predicted molar refractivity (Wildman–Crippen MR) is 86.6 cm³/mol. The minimum Gasteiger partial charge on any atom is -0.493 e. The van der Waals surface area contributed by atoms with E-state index in [4.69, 9.17) is 14.5 Å². The van der Waals surface area contributed by atoms with Crippen LogP contribution in [0, 0.1) is 0 Å². The van der Waals surface area contributed by atoms with Crippen molar-refractivity contribution in [2.75, 3.05) is 21.3 Å². The summed E-state index contributed by atoms with van der Waals surface area (Å²) in [6.45, 7) is 3.03. The molecule has 21 heavy (non-hydrogen) atoms. The molecule has 1 aromatic heterocycles. The number of nitrogens with one attached hydrogen (secondary N) is 1. The first-order valence-electron chi connectivity index (χ1n) is 7.04. The number of aromatic nitrogens is 1. The Morgan fingerprint density at radius 2 is 1.95 bits per heavy atom. The van der Waals surface area contributed by atoms with E-state index in [1.807, 2.05) is 19.2 Å². The topological polar surface area (TPSA) is 43.4 Å². The second kappa shape index (κ2) is 7.43. The fourth-order valence-electron chi connectivity index (χ4n) is 2.25. The van der Waals surface area contributed by atoms with Crippen LogP contribution in [0.15, 0.2) is 18.2 Å². The molecule has 0 spiro atoms.